The van der Waals surface area contributed by atoms with Crippen LogP contribution in [0.4, 0.5) is 0 Å². The highest BCUT2D eigenvalue weighted by molar-refractivity contribution is 5.77. The summed E-state index contributed by atoms with van der Waals surface area (Å²) in [6, 6.07) is 0. The van der Waals surface area contributed by atoms with Crippen LogP contribution in [0.1, 0.15) is 51.4 Å². The molecule has 4 unspecified atom stereocenters. The van der Waals surface area contributed by atoms with Crippen LogP contribution in [0.25, 0.3) is 0 Å². The zero-order chi connectivity index (χ0) is 12.4. The van der Waals surface area contributed by atoms with Crippen molar-refractivity contribution in [3.05, 3.63) is 0 Å². The van der Waals surface area contributed by atoms with Gasteiger partial charge >= 0.3 is 5.97 Å². The van der Waals surface area contributed by atoms with Crippen LogP contribution in [0.5, 0.6) is 0 Å². The van der Waals surface area contributed by atoms with Crippen LogP contribution < -0.4 is 0 Å². The van der Waals surface area contributed by atoms with Gasteiger partial charge in [-0.1, -0.05) is 19.3 Å². The molecule has 1 N–H and O–H groups in total. The molecule has 2 aliphatic carbocycles. The maximum Gasteiger partial charge on any atom is 0.312 e. The molecular weight excluding hydrogens is 232 g/mol. The lowest BCUT2D eigenvalue weighted by molar-refractivity contribution is -0.152. The van der Waals surface area contributed by atoms with Gasteiger partial charge in [-0.2, -0.15) is 0 Å². The summed E-state index contributed by atoms with van der Waals surface area (Å²) in [6.45, 7) is 0. The zero-order valence-corrected chi connectivity index (χ0v) is 10.6. The lowest BCUT2D eigenvalue weighted by atomic mass is 9.67. The summed E-state index contributed by atoms with van der Waals surface area (Å²) < 4.78 is 11.5. The molecule has 1 spiro atoms. The predicted octanol–water partition coefficient (Wildman–Crippen LogP) is 2.11. The number of fused-ring (bicyclic) bond motifs is 1. The highest BCUT2D eigenvalue weighted by Gasteiger charge is 2.70. The third-order valence-corrected chi connectivity index (χ3v) is 5.53. The summed E-state index contributed by atoms with van der Waals surface area (Å²) in [5, 5.41) is 9.71. The standard InChI is InChI=1S/C14H20O4/c15-12(16)13(7-4-9-10(8-13)17-9)11-14(18-11)5-2-1-3-6-14/h9-11H,1-8H2,(H,15,16). The van der Waals surface area contributed by atoms with E-state index in [1.165, 1.54) is 19.3 Å². The monoisotopic (exact) mass is 252 g/mol. The first kappa shape index (κ1) is 11.2. The van der Waals surface area contributed by atoms with Crippen LogP contribution in [-0.4, -0.2) is 35.0 Å². The largest absolute Gasteiger partial charge is 0.481 e. The Morgan fingerprint density at radius 2 is 1.89 bits per heavy atom. The van der Waals surface area contributed by atoms with Crippen molar-refractivity contribution in [2.45, 2.75) is 75.3 Å². The van der Waals surface area contributed by atoms with Crippen molar-refractivity contribution in [3.63, 3.8) is 0 Å². The number of carbonyl (C=O) groups is 1. The number of rotatable bonds is 2. The first-order valence-electron chi connectivity index (χ1n) is 7.23. The Labute approximate surface area is 107 Å². The Morgan fingerprint density at radius 3 is 2.56 bits per heavy atom. The van der Waals surface area contributed by atoms with Gasteiger partial charge in [-0.25, -0.2) is 0 Å². The summed E-state index contributed by atoms with van der Waals surface area (Å²) in [6.07, 6.45) is 8.55. The Bertz CT molecular complexity index is 387. The lowest BCUT2D eigenvalue weighted by Crippen LogP contribution is -2.44. The summed E-state index contributed by atoms with van der Waals surface area (Å²) in [4.78, 5) is 11.8. The fourth-order valence-corrected chi connectivity index (χ4v) is 4.37. The summed E-state index contributed by atoms with van der Waals surface area (Å²) in [5.74, 6) is -0.663. The highest BCUT2D eigenvalue weighted by Crippen LogP contribution is 2.61. The second kappa shape index (κ2) is 3.48. The van der Waals surface area contributed by atoms with Crippen LogP contribution in [-0.2, 0) is 14.3 Å². The summed E-state index contributed by atoms with van der Waals surface area (Å²) >= 11 is 0. The van der Waals surface area contributed by atoms with E-state index >= 15 is 0 Å². The van der Waals surface area contributed by atoms with Gasteiger partial charge in [0.15, 0.2) is 0 Å². The van der Waals surface area contributed by atoms with Crippen molar-refractivity contribution >= 4 is 5.97 Å². The molecular formula is C14H20O4. The van der Waals surface area contributed by atoms with Crippen LogP contribution in [0, 0.1) is 5.41 Å². The van der Waals surface area contributed by atoms with E-state index in [1.807, 2.05) is 0 Å². The molecule has 100 valence electrons. The van der Waals surface area contributed by atoms with Crippen molar-refractivity contribution in [2.24, 2.45) is 5.41 Å². The Balaban J connectivity index is 1.58. The smallest absolute Gasteiger partial charge is 0.312 e. The molecule has 2 saturated carbocycles. The minimum Gasteiger partial charge on any atom is -0.481 e. The van der Waals surface area contributed by atoms with Crippen molar-refractivity contribution in [3.8, 4) is 0 Å². The molecule has 0 radical (unpaired) electrons. The number of aliphatic carboxylic acids is 1. The quantitative estimate of drug-likeness (QED) is 0.764. The van der Waals surface area contributed by atoms with Crippen molar-refractivity contribution in [2.75, 3.05) is 0 Å². The number of ether oxygens (including phenoxy) is 2. The molecule has 4 aliphatic rings. The average molecular weight is 252 g/mol. The zero-order valence-electron chi connectivity index (χ0n) is 10.6. The summed E-state index contributed by atoms with van der Waals surface area (Å²) in [5.41, 5.74) is -0.743. The van der Waals surface area contributed by atoms with E-state index in [1.54, 1.807) is 0 Å². The van der Waals surface area contributed by atoms with Gasteiger partial charge in [-0.05, 0) is 32.1 Å². The van der Waals surface area contributed by atoms with Crippen molar-refractivity contribution in [1.29, 1.82) is 0 Å². The van der Waals surface area contributed by atoms with E-state index in [0.717, 1.165) is 25.7 Å². The van der Waals surface area contributed by atoms with Crippen molar-refractivity contribution in [1.82, 2.24) is 0 Å². The van der Waals surface area contributed by atoms with Gasteiger partial charge < -0.3 is 14.6 Å². The minimum atomic E-state index is -0.663. The topological polar surface area (TPSA) is 62.4 Å². The number of carboxylic acids is 1. The van der Waals surface area contributed by atoms with E-state index < -0.39 is 11.4 Å². The fourth-order valence-electron chi connectivity index (χ4n) is 4.37. The molecule has 0 aromatic rings. The van der Waals surface area contributed by atoms with Crippen LogP contribution in [0.3, 0.4) is 0 Å². The molecule has 0 aromatic heterocycles. The molecule has 0 amide bonds. The summed E-state index contributed by atoms with van der Waals surface area (Å²) in [7, 11) is 0. The molecule has 0 aromatic carbocycles. The van der Waals surface area contributed by atoms with E-state index in [-0.39, 0.29) is 17.8 Å². The third-order valence-electron chi connectivity index (χ3n) is 5.53. The van der Waals surface area contributed by atoms with Crippen LogP contribution in [0.2, 0.25) is 0 Å². The van der Waals surface area contributed by atoms with Gasteiger partial charge in [0.25, 0.3) is 0 Å². The minimum absolute atomic E-state index is 0.0482. The molecule has 4 nitrogen and oxygen atoms in total. The van der Waals surface area contributed by atoms with Gasteiger partial charge in [0, 0.05) is 0 Å². The lowest BCUT2D eigenvalue weighted by Gasteiger charge is -2.32. The molecule has 2 aliphatic heterocycles. The van der Waals surface area contributed by atoms with E-state index in [0.29, 0.717) is 12.5 Å². The van der Waals surface area contributed by atoms with E-state index in [2.05, 4.69) is 0 Å². The molecule has 4 atom stereocenters. The van der Waals surface area contributed by atoms with Gasteiger partial charge in [0.2, 0.25) is 0 Å². The first-order valence-corrected chi connectivity index (χ1v) is 7.23. The second-order valence-corrected chi connectivity index (χ2v) is 6.54. The van der Waals surface area contributed by atoms with Gasteiger partial charge in [0.05, 0.1) is 23.2 Å². The molecule has 18 heavy (non-hydrogen) atoms. The average Bonchev–Trinajstić information content (AvgIpc) is 3.25. The maximum absolute atomic E-state index is 11.8. The number of epoxide rings is 2. The maximum atomic E-state index is 11.8. The Morgan fingerprint density at radius 1 is 1.11 bits per heavy atom. The molecule has 4 fully saturated rings. The molecule has 2 heterocycles. The number of hydrogen-bond acceptors (Lipinski definition) is 3. The van der Waals surface area contributed by atoms with Gasteiger partial charge in [-0.15, -0.1) is 0 Å². The Hall–Kier alpha value is -0.610. The number of hydrogen-bond donors (Lipinski definition) is 1. The van der Waals surface area contributed by atoms with Gasteiger partial charge in [-0.3, -0.25) is 4.79 Å². The third kappa shape index (κ3) is 1.42. The molecule has 0 bridgehead atoms. The first-order chi connectivity index (χ1) is 8.66. The van der Waals surface area contributed by atoms with Crippen molar-refractivity contribution < 1.29 is 19.4 Å². The van der Waals surface area contributed by atoms with Crippen LogP contribution >= 0.6 is 0 Å². The molecule has 2 saturated heterocycles. The van der Waals surface area contributed by atoms with Gasteiger partial charge in [0.1, 0.15) is 6.10 Å². The number of carboxylic acid groups (broad SMARTS) is 1. The van der Waals surface area contributed by atoms with E-state index in [9.17, 15) is 9.90 Å². The second-order valence-electron chi connectivity index (χ2n) is 6.54. The van der Waals surface area contributed by atoms with E-state index in [4.69, 9.17) is 9.47 Å². The fraction of sp³-hybridized carbons (Fsp3) is 0.929. The predicted molar refractivity (Wildman–Crippen MR) is 63.3 cm³/mol. The SMILES string of the molecule is O=C(O)C1(C2OC23CCCCC3)CCC2OC2C1. The van der Waals surface area contributed by atoms with Crippen LogP contribution in [0.15, 0.2) is 0 Å². The highest BCUT2D eigenvalue weighted by atomic mass is 16.6. The Kier molecular flexibility index (Phi) is 2.17. The molecule has 4 heteroatoms. The molecule has 4 rings (SSSR count). The normalized spacial score (nSPS) is 48.6.